The zero-order chi connectivity index (χ0) is 12.3. The van der Waals surface area contributed by atoms with E-state index in [4.69, 9.17) is 0 Å². The van der Waals surface area contributed by atoms with Gasteiger partial charge in [0.15, 0.2) is 0 Å². The Bertz CT molecular complexity index is 360. The molecule has 2 heteroatoms. The molecule has 0 aromatic heterocycles. The van der Waals surface area contributed by atoms with E-state index in [1.165, 1.54) is 24.0 Å². The number of benzene rings is 1. The minimum atomic E-state index is 0.224. The summed E-state index contributed by atoms with van der Waals surface area (Å²) in [6.45, 7) is 4.65. The number of rotatable bonds is 4. The molecule has 94 valence electrons. The summed E-state index contributed by atoms with van der Waals surface area (Å²) in [5, 5.41) is 12.9. The zero-order valence-corrected chi connectivity index (χ0v) is 10.8. The lowest BCUT2D eigenvalue weighted by Gasteiger charge is -2.32. The van der Waals surface area contributed by atoms with Crippen LogP contribution < -0.4 is 5.32 Å². The van der Waals surface area contributed by atoms with Crippen molar-refractivity contribution < 1.29 is 5.11 Å². The van der Waals surface area contributed by atoms with Crippen LogP contribution in [0.5, 0.6) is 0 Å². The number of hydrogen-bond acceptors (Lipinski definition) is 2. The fourth-order valence-corrected chi connectivity index (χ4v) is 2.76. The summed E-state index contributed by atoms with van der Waals surface area (Å²) >= 11 is 0. The third kappa shape index (κ3) is 2.70. The van der Waals surface area contributed by atoms with Crippen LogP contribution in [0.3, 0.4) is 0 Å². The van der Waals surface area contributed by atoms with Crippen molar-refractivity contribution in [1.29, 1.82) is 0 Å². The summed E-state index contributed by atoms with van der Waals surface area (Å²) in [7, 11) is 0. The van der Waals surface area contributed by atoms with E-state index in [0.29, 0.717) is 12.0 Å². The summed E-state index contributed by atoms with van der Waals surface area (Å²) in [6, 6.07) is 9.36. The molecule has 1 aliphatic carbocycles. The summed E-state index contributed by atoms with van der Waals surface area (Å²) in [5.41, 5.74) is 2.90. The molecule has 2 unspecified atom stereocenters. The molecule has 2 rings (SSSR count). The molecule has 0 fully saturated rings. The monoisotopic (exact) mass is 233 g/mol. The molecule has 17 heavy (non-hydrogen) atoms. The SMILES string of the molecule is CC[C@@H](CO)NC1CCC(C)c2ccccc21. The summed E-state index contributed by atoms with van der Waals surface area (Å²) < 4.78 is 0. The van der Waals surface area contributed by atoms with Crippen molar-refractivity contribution in [3.8, 4) is 0 Å². The van der Waals surface area contributed by atoms with Gasteiger partial charge >= 0.3 is 0 Å². The zero-order valence-electron chi connectivity index (χ0n) is 10.8. The van der Waals surface area contributed by atoms with Gasteiger partial charge in [0.25, 0.3) is 0 Å². The lowest BCUT2D eigenvalue weighted by molar-refractivity contribution is 0.222. The first-order chi connectivity index (χ1) is 8.26. The van der Waals surface area contributed by atoms with Crippen molar-refractivity contribution >= 4 is 0 Å². The maximum absolute atomic E-state index is 9.29. The van der Waals surface area contributed by atoms with Crippen LogP contribution in [0.25, 0.3) is 0 Å². The van der Waals surface area contributed by atoms with Gasteiger partial charge in [-0.05, 0) is 36.3 Å². The van der Waals surface area contributed by atoms with Crippen LogP contribution in [0.2, 0.25) is 0 Å². The van der Waals surface area contributed by atoms with Gasteiger partial charge in [0.2, 0.25) is 0 Å². The first kappa shape index (κ1) is 12.6. The first-order valence-corrected chi connectivity index (χ1v) is 6.72. The second kappa shape index (κ2) is 5.65. The molecule has 0 saturated carbocycles. The van der Waals surface area contributed by atoms with Gasteiger partial charge in [-0.25, -0.2) is 0 Å². The standard InChI is InChI=1S/C15H23NO/c1-3-12(10-17)16-15-9-8-11(2)13-6-4-5-7-14(13)15/h4-7,11-12,15-17H,3,8-10H2,1-2H3/t11?,12-,15?/m0/s1. The van der Waals surface area contributed by atoms with E-state index in [9.17, 15) is 5.11 Å². The molecule has 0 heterocycles. The van der Waals surface area contributed by atoms with Crippen LogP contribution in [0.15, 0.2) is 24.3 Å². The fourth-order valence-electron chi connectivity index (χ4n) is 2.76. The summed E-state index contributed by atoms with van der Waals surface area (Å²) in [6.07, 6.45) is 3.38. The van der Waals surface area contributed by atoms with Gasteiger partial charge in [-0.15, -0.1) is 0 Å². The van der Waals surface area contributed by atoms with Crippen LogP contribution >= 0.6 is 0 Å². The largest absolute Gasteiger partial charge is 0.395 e. The lowest BCUT2D eigenvalue weighted by atomic mass is 9.81. The van der Waals surface area contributed by atoms with Gasteiger partial charge in [-0.3, -0.25) is 0 Å². The molecule has 1 aromatic rings. The molecule has 0 aliphatic heterocycles. The maximum atomic E-state index is 9.29. The van der Waals surface area contributed by atoms with E-state index < -0.39 is 0 Å². The minimum Gasteiger partial charge on any atom is -0.395 e. The number of fused-ring (bicyclic) bond motifs is 1. The Morgan fingerprint density at radius 2 is 2.00 bits per heavy atom. The Kier molecular flexibility index (Phi) is 4.19. The predicted octanol–water partition coefficient (Wildman–Crippen LogP) is 2.99. The molecule has 0 bridgehead atoms. The minimum absolute atomic E-state index is 0.224. The Morgan fingerprint density at radius 1 is 1.29 bits per heavy atom. The van der Waals surface area contributed by atoms with Crippen LogP contribution in [-0.2, 0) is 0 Å². The first-order valence-electron chi connectivity index (χ1n) is 6.72. The third-order valence-corrected chi connectivity index (χ3v) is 3.94. The van der Waals surface area contributed by atoms with Gasteiger partial charge in [-0.2, -0.15) is 0 Å². The normalized spacial score (nSPS) is 25.4. The fraction of sp³-hybridized carbons (Fsp3) is 0.600. The molecule has 1 aromatic carbocycles. The highest BCUT2D eigenvalue weighted by molar-refractivity contribution is 5.34. The van der Waals surface area contributed by atoms with E-state index in [2.05, 4.69) is 43.4 Å². The highest BCUT2D eigenvalue weighted by Gasteiger charge is 2.25. The number of hydrogen-bond donors (Lipinski definition) is 2. The molecule has 0 saturated heterocycles. The van der Waals surface area contributed by atoms with Crippen LogP contribution in [0.1, 0.15) is 56.2 Å². The van der Waals surface area contributed by atoms with E-state index in [1.54, 1.807) is 0 Å². The molecule has 3 atom stereocenters. The lowest BCUT2D eigenvalue weighted by Crippen LogP contribution is -2.37. The molecule has 0 spiro atoms. The van der Waals surface area contributed by atoms with Crippen LogP contribution in [0, 0.1) is 0 Å². The van der Waals surface area contributed by atoms with Crippen molar-refractivity contribution in [2.75, 3.05) is 6.61 Å². The highest BCUT2D eigenvalue weighted by atomic mass is 16.3. The van der Waals surface area contributed by atoms with Crippen molar-refractivity contribution in [3.05, 3.63) is 35.4 Å². The van der Waals surface area contributed by atoms with E-state index in [-0.39, 0.29) is 12.6 Å². The average Bonchev–Trinajstić information content (AvgIpc) is 2.38. The van der Waals surface area contributed by atoms with Crippen LogP contribution in [0.4, 0.5) is 0 Å². The van der Waals surface area contributed by atoms with E-state index in [1.807, 2.05) is 0 Å². The second-order valence-corrected chi connectivity index (χ2v) is 5.11. The number of nitrogens with one attached hydrogen (secondary N) is 1. The van der Waals surface area contributed by atoms with Crippen LogP contribution in [-0.4, -0.2) is 17.8 Å². The summed E-state index contributed by atoms with van der Waals surface area (Å²) in [4.78, 5) is 0. The highest BCUT2D eigenvalue weighted by Crippen LogP contribution is 2.37. The number of aliphatic hydroxyl groups is 1. The quantitative estimate of drug-likeness (QED) is 0.838. The molecule has 0 radical (unpaired) electrons. The second-order valence-electron chi connectivity index (χ2n) is 5.11. The molecular formula is C15H23NO. The van der Waals surface area contributed by atoms with Crippen molar-refractivity contribution in [1.82, 2.24) is 5.32 Å². The van der Waals surface area contributed by atoms with Gasteiger partial charge in [0.05, 0.1) is 6.61 Å². The molecule has 2 N–H and O–H groups in total. The molecular weight excluding hydrogens is 210 g/mol. The Balaban J connectivity index is 2.18. The summed E-state index contributed by atoms with van der Waals surface area (Å²) in [5.74, 6) is 0.665. The Labute approximate surface area is 104 Å². The van der Waals surface area contributed by atoms with Gasteiger partial charge in [-0.1, -0.05) is 38.1 Å². The van der Waals surface area contributed by atoms with E-state index in [0.717, 1.165) is 6.42 Å². The Morgan fingerprint density at radius 3 is 2.65 bits per heavy atom. The predicted molar refractivity (Wildman–Crippen MR) is 71.1 cm³/mol. The average molecular weight is 233 g/mol. The van der Waals surface area contributed by atoms with Crippen molar-refractivity contribution in [3.63, 3.8) is 0 Å². The Hall–Kier alpha value is -0.860. The van der Waals surface area contributed by atoms with Gasteiger partial charge < -0.3 is 10.4 Å². The molecule has 0 amide bonds. The maximum Gasteiger partial charge on any atom is 0.0584 e. The third-order valence-electron chi connectivity index (χ3n) is 3.94. The number of aliphatic hydroxyl groups excluding tert-OH is 1. The van der Waals surface area contributed by atoms with Gasteiger partial charge in [0.1, 0.15) is 0 Å². The smallest absolute Gasteiger partial charge is 0.0584 e. The molecule has 1 aliphatic rings. The topological polar surface area (TPSA) is 32.3 Å². The molecule has 2 nitrogen and oxygen atoms in total. The van der Waals surface area contributed by atoms with E-state index >= 15 is 0 Å². The van der Waals surface area contributed by atoms with Crippen molar-refractivity contribution in [2.45, 2.75) is 51.1 Å². The van der Waals surface area contributed by atoms with Gasteiger partial charge in [0, 0.05) is 12.1 Å². The van der Waals surface area contributed by atoms with Crippen molar-refractivity contribution in [2.24, 2.45) is 0 Å².